The third kappa shape index (κ3) is 25.9. The lowest BCUT2D eigenvalue weighted by Crippen LogP contribution is -2.44. The highest BCUT2D eigenvalue weighted by atomic mass is 35.5. The normalized spacial score (nSPS) is 14.2. The molecule has 5 rings (SSSR count). The summed E-state index contributed by atoms with van der Waals surface area (Å²) in [5, 5.41) is 0.397. The van der Waals surface area contributed by atoms with E-state index in [0.29, 0.717) is 22.8 Å². The van der Waals surface area contributed by atoms with Gasteiger partial charge in [0.05, 0.1) is 33.8 Å². The molecule has 4 atom stereocenters. The van der Waals surface area contributed by atoms with Crippen LogP contribution in [0.4, 0.5) is 23.2 Å². The van der Waals surface area contributed by atoms with Gasteiger partial charge in [-0.3, -0.25) is 38.4 Å². The fraction of sp³-hybridized carbons (Fsp3) is 0.438. The third-order valence-corrected chi connectivity index (χ3v) is 17.1. The van der Waals surface area contributed by atoms with Crippen molar-refractivity contribution >= 4 is 124 Å². The van der Waals surface area contributed by atoms with Crippen LogP contribution in [0.1, 0.15) is 219 Å². The van der Waals surface area contributed by atoms with Gasteiger partial charge in [-0.1, -0.05) is 105 Å². The van der Waals surface area contributed by atoms with E-state index in [9.17, 15) is 75.1 Å². The largest absolute Gasteiger partial charge is 0.462 e. The predicted octanol–water partition coefficient (Wildman–Crippen LogP) is 17.0. The first-order chi connectivity index (χ1) is 49.2. The lowest BCUT2D eigenvalue weighted by Gasteiger charge is -2.29. The SMILES string of the molecule is C=Cc1c(F)c(F)c(C(=O)OCC(C)(C(C)=O)C(=O)OC(C)(C)C)c(F)c1F.C=Cc1cc(Cl)c(C(=O)OCC(C)(C(C)=O)C(=O)OC(C)(C)C)cc1Cl.C=Cc1ccc(C(=O)OCC(C)(C(C)=O)C(=O)OC2CCCCC2)c(C)c1.[C-]#[N+]c1cc(C=C)ccc1C(=O)OCC(C)(C(C)=O)C(=O)OC(C)(C)C. The second-order valence-electron chi connectivity index (χ2n) is 28.7. The van der Waals surface area contributed by atoms with E-state index in [0.717, 1.165) is 57.1 Å². The summed E-state index contributed by atoms with van der Waals surface area (Å²) in [6, 6.07) is 12.6. The van der Waals surface area contributed by atoms with E-state index in [1.807, 2.05) is 6.07 Å². The lowest BCUT2D eigenvalue weighted by molar-refractivity contribution is -0.173. The van der Waals surface area contributed by atoms with Crippen molar-refractivity contribution in [3.63, 3.8) is 0 Å². The van der Waals surface area contributed by atoms with Gasteiger partial charge in [-0.2, -0.15) is 0 Å². The van der Waals surface area contributed by atoms with Crippen molar-refractivity contribution in [2.24, 2.45) is 21.7 Å². The third-order valence-electron chi connectivity index (χ3n) is 16.4. The Balaban J connectivity index is 0.000000485. The number of Topliss-reactive ketones (excluding diaryl/α,β-unsaturated/α-hetero) is 4. The molecule has 4 aromatic carbocycles. The van der Waals surface area contributed by atoms with Crippen LogP contribution in [0.3, 0.4) is 0 Å². The first-order valence-electron chi connectivity index (χ1n) is 33.3. The number of esters is 8. The summed E-state index contributed by atoms with van der Waals surface area (Å²) in [6.45, 7) is 45.5. The number of ether oxygens (including phenoxy) is 8. The second-order valence-corrected chi connectivity index (χ2v) is 29.5. The van der Waals surface area contributed by atoms with Gasteiger partial charge in [0.25, 0.3) is 0 Å². The van der Waals surface area contributed by atoms with E-state index in [1.54, 1.807) is 78.8 Å². The lowest BCUT2D eigenvalue weighted by atomic mass is 9.87. The first kappa shape index (κ1) is 93.2. The average molecular weight is 1540 g/mol. The van der Waals surface area contributed by atoms with Crippen LogP contribution in [0.5, 0.6) is 0 Å². The van der Waals surface area contributed by atoms with Crippen molar-refractivity contribution in [2.75, 3.05) is 26.4 Å². The summed E-state index contributed by atoms with van der Waals surface area (Å²) in [7, 11) is 0. The highest BCUT2D eigenvalue weighted by Gasteiger charge is 2.47. The number of carbonyl (C=O) groups is 12. The second kappa shape index (κ2) is 39.1. The minimum Gasteiger partial charge on any atom is -0.462 e. The molecular formula is C80H93Cl2F4NO20. The van der Waals surface area contributed by atoms with Gasteiger partial charge in [0.15, 0.2) is 44.9 Å². The number of rotatable bonds is 25. The van der Waals surface area contributed by atoms with Gasteiger partial charge in [0.2, 0.25) is 5.69 Å². The summed E-state index contributed by atoms with van der Waals surface area (Å²) < 4.78 is 97.1. The summed E-state index contributed by atoms with van der Waals surface area (Å²) >= 11 is 12.1. The van der Waals surface area contributed by atoms with Gasteiger partial charge in [-0.05, 0) is 197 Å². The van der Waals surface area contributed by atoms with E-state index < -0.39 is 158 Å². The molecule has 0 bridgehead atoms. The molecule has 0 spiro atoms. The van der Waals surface area contributed by atoms with Crippen LogP contribution in [0.15, 0.2) is 74.8 Å². The molecular weight excluding hydrogens is 1440 g/mol. The van der Waals surface area contributed by atoms with Crippen molar-refractivity contribution in [1.29, 1.82) is 0 Å². The molecule has 0 radical (unpaired) electrons. The van der Waals surface area contributed by atoms with Gasteiger partial charge in [0.1, 0.15) is 78.0 Å². The van der Waals surface area contributed by atoms with Crippen LogP contribution < -0.4 is 0 Å². The van der Waals surface area contributed by atoms with Crippen molar-refractivity contribution in [3.8, 4) is 0 Å². The molecule has 0 aliphatic heterocycles. The van der Waals surface area contributed by atoms with Crippen LogP contribution in [-0.2, 0) is 76.3 Å². The number of benzene rings is 4. The Hall–Kier alpha value is -9.93. The van der Waals surface area contributed by atoms with Crippen molar-refractivity contribution < 1.29 is 113 Å². The van der Waals surface area contributed by atoms with Gasteiger partial charge < -0.3 is 37.9 Å². The van der Waals surface area contributed by atoms with E-state index in [4.69, 9.17) is 62.9 Å². The minimum absolute atomic E-state index is 0.0253. The highest BCUT2D eigenvalue weighted by Crippen LogP contribution is 2.34. The molecule has 1 aliphatic rings. The maximum atomic E-state index is 14.0. The smallest absolute Gasteiger partial charge is 0.344 e. The fourth-order valence-corrected chi connectivity index (χ4v) is 9.35. The number of hydrogen-bond acceptors (Lipinski definition) is 20. The number of ketones is 4. The minimum atomic E-state index is -1.99. The van der Waals surface area contributed by atoms with Crippen LogP contribution in [0, 0.1) is 58.4 Å². The van der Waals surface area contributed by atoms with Crippen LogP contribution in [-0.4, -0.2) is 120 Å². The average Bonchev–Trinajstić information content (AvgIpc) is 0.781. The molecule has 1 saturated carbocycles. The van der Waals surface area contributed by atoms with Crippen molar-refractivity contribution in [2.45, 2.75) is 180 Å². The molecule has 0 heterocycles. The summed E-state index contributed by atoms with van der Waals surface area (Å²) in [5.74, 6) is -16.9. The Labute approximate surface area is 631 Å². The molecule has 1 aliphatic carbocycles. The van der Waals surface area contributed by atoms with E-state index in [1.165, 1.54) is 92.7 Å². The van der Waals surface area contributed by atoms with Crippen molar-refractivity contribution in [1.82, 2.24) is 0 Å². The molecule has 580 valence electrons. The molecule has 4 unspecified atom stereocenters. The van der Waals surface area contributed by atoms with E-state index in [2.05, 4.69) is 35.9 Å². The molecule has 0 saturated heterocycles. The standard InChI is InChI=1S/C22H28O5.C20H23NO5.C19H22Cl2O5.C19H20F4O5/c1-5-17-11-12-19(15(2)13-17)20(24)26-14-22(4,16(3)23)21(25)27-18-9-7-6-8-10-18;1-8-14-9-10-15(16(11-14)21-7)17(23)25-12-20(6,13(2)22)18(24)26-19(3,4)5;1-7-12-8-15(21)13(9-14(12)20)16(23)25-10-19(6,11(2)22)17(24)26-18(3,4)5;1-7-10-12(20)14(22)11(15(23)13(10)21)16(25)27-8-19(6,9(2)24)17(26)28-18(3,4)5/h5,11-13,18H,1,6-10,14H2,2-4H3;8-11H,1,12H2,2-6H3;7-9H,1,10H2,2-6H3;7H,1,8H2,2-6H3. The zero-order valence-corrected chi connectivity index (χ0v) is 65.1. The fourth-order valence-electron chi connectivity index (χ4n) is 8.86. The Kier molecular flexibility index (Phi) is 34.0. The number of aryl methyl sites for hydroxylation is 1. The Morgan fingerprint density at radius 2 is 0.813 bits per heavy atom. The zero-order chi connectivity index (χ0) is 82.5. The number of carbonyl (C=O) groups excluding carboxylic acids is 12. The number of hydrogen-bond donors (Lipinski definition) is 0. The summed E-state index contributed by atoms with van der Waals surface area (Å²) in [6.07, 6.45) is 9.93. The molecule has 0 N–H and O–H groups in total. The summed E-state index contributed by atoms with van der Waals surface area (Å²) in [4.78, 5) is 150. The molecule has 4 aromatic rings. The molecule has 0 aromatic heterocycles. The molecule has 27 heteroatoms. The van der Waals surface area contributed by atoms with Crippen molar-refractivity contribution in [3.05, 3.63) is 170 Å². The van der Waals surface area contributed by atoms with E-state index >= 15 is 0 Å². The first-order valence-corrected chi connectivity index (χ1v) is 34.1. The Bertz CT molecular complexity index is 4140. The van der Waals surface area contributed by atoms with Gasteiger partial charge in [-0.15, -0.1) is 0 Å². The Morgan fingerprint density at radius 1 is 0.458 bits per heavy atom. The number of nitrogens with zero attached hydrogens (tertiary/aromatic N) is 1. The van der Waals surface area contributed by atoms with Crippen LogP contribution in [0.25, 0.3) is 29.1 Å². The molecule has 0 amide bonds. The highest BCUT2D eigenvalue weighted by molar-refractivity contribution is 6.36. The maximum absolute atomic E-state index is 14.0. The molecule has 21 nitrogen and oxygen atoms in total. The van der Waals surface area contributed by atoms with Crippen LogP contribution in [0.2, 0.25) is 10.0 Å². The van der Waals surface area contributed by atoms with Gasteiger partial charge in [0, 0.05) is 5.02 Å². The topological polar surface area (TPSA) is 283 Å². The van der Waals surface area contributed by atoms with E-state index in [-0.39, 0.29) is 45.4 Å². The van der Waals surface area contributed by atoms with Gasteiger partial charge >= 0.3 is 47.8 Å². The summed E-state index contributed by atoms with van der Waals surface area (Å²) in [5.41, 5.74) is -8.51. The zero-order valence-electron chi connectivity index (χ0n) is 63.6. The van der Waals surface area contributed by atoms with Crippen LogP contribution >= 0.6 is 23.2 Å². The number of halogens is 6. The Morgan fingerprint density at radius 3 is 1.16 bits per heavy atom. The predicted molar refractivity (Wildman–Crippen MR) is 394 cm³/mol. The quantitative estimate of drug-likeness (QED) is 0.0149. The maximum Gasteiger partial charge on any atom is 0.344 e. The molecule has 107 heavy (non-hydrogen) atoms. The molecule has 1 fully saturated rings. The monoisotopic (exact) mass is 1530 g/mol. The van der Waals surface area contributed by atoms with Gasteiger partial charge in [-0.25, -0.2) is 41.6 Å².